The van der Waals surface area contributed by atoms with Crippen molar-refractivity contribution >= 4 is 0 Å². The van der Waals surface area contributed by atoms with E-state index >= 15 is 0 Å². The highest BCUT2D eigenvalue weighted by Crippen LogP contribution is 2.30. The van der Waals surface area contributed by atoms with E-state index in [4.69, 9.17) is 0 Å². The molecule has 0 aliphatic heterocycles. The lowest BCUT2D eigenvalue weighted by Gasteiger charge is -2.08. The van der Waals surface area contributed by atoms with E-state index in [1.54, 1.807) is 0 Å². The smallest absolute Gasteiger partial charge is 0.0708 e. The molecule has 3 aromatic rings. The summed E-state index contributed by atoms with van der Waals surface area (Å²) in [6.45, 7) is 0. The Balaban J connectivity index is 2.18. The van der Waals surface area contributed by atoms with Gasteiger partial charge >= 0.3 is 0 Å². The van der Waals surface area contributed by atoms with Crippen molar-refractivity contribution in [3.8, 4) is 22.4 Å². The lowest BCUT2D eigenvalue weighted by Crippen LogP contribution is -1.86. The molecule has 0 amide bonds. The van der Waals surface area contributed by atoms with Crippen LogP contribution in [0.15, 0.2) is 72.9 Å². The fraction of sp³-hybridized carbons (Fsp3) is 0. The highest BCUT2D eigenvalue weighted by molar-refractivity contribution is 5.81. The van der Waals surface area contributed by atoms with Gasteiger partial charge in [0.1, 0.15) is 0 Å². The molecule has 2 aromatic carbocycles. The van der Waals surface area contributed by atoms with Crippen molar-refractivity contribution in [1.29, 1.82) is 0 Å². The average Bonchev–Trinajstić information content (AvgIpc) is 2.49. The van der Waals surface area contributed by atoms with Gasteiger partial charge < -0.3 is 0 Å². The molecule has 0 atom stereocenters. The largest absolute Gasteiger partial charge is 0.256 e. The number of aromatic nitrogens is 1. The second-order valence-electron chi connectivity index (χ2n) is 4.05. The zero-order chi connectivity index (χ0) is 12.2. The van der Waals surface area contributed by atoms with E-state index in [1.165, 1.54) is 11.1 Å². The number of pyridine rings is 1. The summed E-state index contributed by atoms with van der Waals surface area (Å²) in [6, 6.07) is 25.4. The first-order chi connectivity index (χ1) is 8.95. The van der Waals surface area contributed by atoms with Gasteiger partial charge in [0.25, 0.3) is 0 Å². The monoisotopic (exact) mass is 230 g/mol. The van der Waals surface area contributed by atoms with Crippen LogP contribution in [0.4, 0.5) is 0 Å². The van der Waals surface area contributed by atoms with E-state index in [-0.39, 0.29) is 0 Å². The highest BCUT2D eigenvalue weighted by atomic mass is 14.7. The van der Waals surface area contributed by atoms with E-state index in [2.05, 4.69) is 35.3 Å². The third kappa shape index (κ3) is 2.03. The molecular formula is C17H12N. The van der Waals surface area contributed by atoms with Crippen LogP contribution in [0.2, 0.25) is 0 Å². The first kappa shape index (κ1) is 10.7. The Kier molecular flexibility index (Phi) is 2.89. The molecule has 0 bridgehead atoms. The number of nitrogens with zero attached hydrogens (tertiary/aromatic N) is 1. The third-order valence-corrected chi connectivity index (χ3v) is 2.89. The first-order valence-electron chi connectivity index (χ1n) is 5.92. The second kappa shape index (κ2) is 4.84. The molecule has 0 saturated heterocycles. The molecule has 0 saturated carbocycles. The van der Waals surface area contributed by atoms with Crippen LogP contribution in [-0.2, 0) is 0 Å². The second-order valence-corrected chi connectivity index (χ2v) is 4.05. The average molecular weight is 230 g/mol. The van der Waals surface area contributed by atoms with Crippen molar-refractivity contribution in [2.24, 2.45) is 0 Å². The number of rotatable bonds is 2. The molecular weight excluding hydrogens is 218 g/mol. The number of hydrogen-bond acceptors (Lipinski definition) is 1. The maximum atomic E-state index is 4.42. The molecule has 0 aliphatic carbocycles. The Morgan fingerprint density at radius 2 is 1.61 bits per heavy atom. The van der Waals surface area contributed by atoms with Gasteiger partial charge in [-0.2, -0.15) is 0 Å². The van der Waals surface area contributed by atoms with Crippen LogP contribution in [-0.4, -0.2) is 4.98 Å². The van der Waals surface area contributed by atoms with Crippen molar-refractivity contribution in [3.63, 3.8) is 0 Å². The summed E-state index contributed by atoms with van der Waals surface area (Å²) in [5.41, 5.74) is 4.50. The van der Waals surface area contributed by atoms with Gasteiger partial charge in [-0.15, -0.1) is 0 Å². The minimum Gasteiger partial charge on any atom is -0.256 e. The van der Waals surface area contributed by atoms with E-state index in [9.17, 15) is 0 Å². The van der Waals surface area contributed by atoms with Crippen molar-refractivity contribution < 1.29 is 0 Å². The van der Waals surface area contributed by atoms with Crippen molar-refractivity contribution in [2.45, 2.75) is 0 Å². The van der Waals surface area contributed by atoms with Gasteiger partial charge in [-0.25, -0.2) is 0 Å². The topological polar surface area (TPSA) is 12.9 Å². The molecule has 0 N–H and O–H groups in total. The molecule has 1 radical (unpaired) electrons. The Morgan fingerprint density at radius 3 is 2.33 bits per heavy atom. The van der Waals surface area contributed by atoms with E-state index < -0.39 is 0 Å². The van der Waals surface area contributed by atoms with Crippen molar-refractivity contribution in [1.82, 2.24) is 4.98 Å². The van der Waals surface area contributed by atoms with Crippen LogP contribution in [0.25, 0.3) is 22.4 Å². The Bertz CT molecular complexity index is 572. The van der Waals surface area contributed by atoms with E-state index in [0.29, 0.717) is 0 Å². The van der Waals surface area contributed by atoms with Gasteiger partial charge in [0.2, 0.25) is 0 Å². The summed E-state index contributed by atoms with van der Waals surface area (Å²) in [7, 11) is 0. The summed E-state index contributed by atoms with van der Waals surface area (Å²) < 4.78 is 0. The summed E-state index contributed by atoms with van der Waals surface area (Å²) in [5, 5.41) is 0. The maximum absolute atomic E-state index is 4.42. The Morgan fingerprint density at radius 1 is 0.778 bits per heavy atom. The van der Waals surface area contributed by atoms with Crippen LogP contribution in [0.5, 0.6) is 0 Å². The minimum absolute atomic E-state index is 0.997. The van der Waals surface area contributed by atoms with E-state index in [0.717, 1.165) is 11.3 Å². The zero-order valence-corrected chi connectivity index (χ0v) is 9.88. The molecule has 1 nitrogen and oxygen atoms in total. The lowest BCUT2D eigenvalue weighted by molar-refractivity contribution is 1.33. The van der Waals surface area contributed by atoms with Crippen LogP contribution in [0, 0.1) is 6.07 Å². The van der Waals surface area contributed by atoms with Crippen molar-refractivity contribution in [2.75, 3.05) is 0 Å². The molecule has 1 heterocycles. The molecule has 18 heavy (non-hydrogen) atoms. The predicted molar refractivity (Wildman–Crippen MR) is 73.9 cm³/mol. The van der Waals surface area contributed by atoms with Gasteiger partial charge in [-0.05, 0) is 35.4 Å². The summed E-state index contributed by atoms with van der Waals surface area (Å²) >= 11 is 0. The van der Waals surface area contributed by atoms with Crippen LogP contribution in [0.1, 0.15) is 0 Å². The first-order valence-corrected chi connectivity index (χ1v) is 5.92. The fourth-order valence-corrected chi connectivity index (χ4v) is 2.04. The van der Waals surface area contributed by atoms with Gasteiger partial charge in [-0.1, -0.05) is 48.5 Å². The molecule has 0 aliphatic rings. The number of benzene rings is 2. The summed E-state index contributed by atoms with van der Waals surface area (Å²) in [4.78, 5) is 4.42. The standard InChI is InChI=1S/C17H12N/c1-2-8-14(9-3-1)15-10-4-5-11-16(15)17-12-6-7-13-18-17/h1-2,4-13H. The lowest BCUT2D eigenvalue weighted by atomic mass is 9.97. The molecule has 0 unspecified atom stereocenters. The van der Waals surface area contributed by atoms with Gasteiger partial charge in [0, 0.05) is 11.8 Å². The number of hydrogen-bond donors (Lipinski definition) is 0. The quantitative estimate of drug-likeness (QED) is 0.642. The zero-order valence-electron chi connectivity index (χ0n) is 9.88. The summed E-state index contributed by atoms with van der Waals surface area (Å²) in [6.07, 6.45) is 1.82. The SMILES string of the molecule is [c]1cccc(-c2ccccc2-c2ccccn2)c1. The van der Waals surface area contributed by atoms with Crippen LogP contribution < -0.4 is 0 Å². The Labute approximate surface area is 107 Å². The van der Waals surface area contributed by atoms with Gasteiger partial charge in [0.15, 0.2) is 0 Å². The van der Waals surface area contributed by atoms with Gasteiger partial charge in [-0.3, -0.25) is 4.98 Å². The third-order valence-electron chi connectivity index (χ3n) is 2.89. The predicted octanol–water partition coefficient (Wildman–Crippen LogP) is 4.22. The summed E-state index contributed by atoms with van der Waals surface area (Å²) in [5.74, 6) is 0. The Hall–Kier alpha value is -2.41. The fourth-order valence-electron chi connectivity index (χ4n) is 2.04. The van der Waals surface area contributed by atoms with E-state index in [1.807, 2.05) is 48.7 Å². The molecule has 1 aromatic heterocycles. The molecule has 0 fully saturated rings. The molecule has 0 spiro atoms. The highest BCUT2D eigenvalue weighted by Gasteiger charge is 2.06. The molecule has 85 valence electrons. The van der Waals surface area contributed by atoms with Crippen LogP contribution >= 0.6 is 0 Å². The molecule has 3 rings (SSSR count). The normalized spacial score (nSPS) is 10.2. The minimum atomic E-state index is 0.997. The maximum Gasteiger partial charge on any atom is 0.0708 e. The molecule has 1 heteroatoms. The van der Waals surface area contributed by atoms with Crippen LogP contribution in [0.3, 0.4) is 0 Å². The van der Waals surface area contributed by atoms with Gasteiger partial charge in [0.05, 0.1) is 5.69 Å². The van der Waals surface area contributed by atoms with Crippen molar-refractivity contribution in [3.05, 3.63) is 79.0 Å².